The largest absolute Gasteiger partial charge is 0.482 e. The minimum atomic E-state index is -0.559. The highest BCUT2D eigenvalue weighted by Crippen LogP contribution is 2.35. The van der Waals surface area contributed by atoms with Gasteiger partial charge in [-0.05, 0) is 25.1 Å². The van der Waals surface area contributed by atoms with Crippen LogP contribution >= 0.6 is 23.2 Å². The second kappa shape index (κ2) is 5.89. The molecule has 1 aromatic heterocycles. The molecule has 0 fully saturated rings. The zero-order valence-electron chi connectivity index (χ0n) is 11.0. The van der Waals surface area contributed by atoms with Gasteiger partial charge in [-0.2, -0.15) is 0 Å². The topological polar surface area (TPSA) is 48.1 Å². The SMILES string of the molecule is Bc1cnc(N)c(O[C@H](C)c2c(Cl)ccc(F)c2Cl)c1. The van der Waals surface area contributed by atoms with Crippen molar-refractivity contribution in [2.45, 2.75) is 13.0 Å². The third kappa shape index (κ3) is 2.99. The summed E-state index contributed by atoms with van der Waals surface area (Å²) in [7, 11) is 1.87. The third-order valence-corrected chi connectivity index (χ3v) is 3.52. The van der Waals surface area contributed by atoms with Crippen molar-refractivity contribution in [2.24, 2.45) is 0 Å². The van der Waals surface area contributed by atoms with Crippen LogP contribution in [0.5, 0.6) is 5.75 Å². The van der Waals surface area contributed by atoms with Crippen molar-refractivity contribution in [1.29, 1.82) is 0 Å². The predicted molar refractivity (Wildman–Crippen MR) is 82.3 cm³/mol. The van der Waals surface area contributed by atoms with Gasteiger partial charge in [0, 0.05) is 16.8 Å². The zero-order valence-corrected chi connectivity index (χ0v) is 12.5. The van der Waals surface area contributed by atoms with Crippen LogP contribution in [0.25, 0.3) is 0 Å². The molecule has 1 atom stereocenters. The van der Waals surface area contributed by atoms with Crippen molar-refractivity contribution in [2.75, 3.05) is 5.73 Å². The number of anilines is 1. The van der Waals surface area contributed by atoms with E-state index in [4.69, 9.17) is 33.7 Å². The molecular weight excluding hydrogens is 301 g/mol. The molecular formula is C13H12BCl2FN2O. The van der Waals surface area contributed by atoms with Gasteiger partial charge in [-0.1, -0.05) is 28.7 Å². The van der Waals surface area contributed by atoms with Gasteiger partial charge in [-0.25, -0.2) is 9.37 Å². The quantitative estimate of drug-likeness (QED) is 0.700. The Balaban J connectivity index is 2.35. The van der Waals surface area contributed by atoms with Gasteiger partial charge in [0.1, 0.15) is 19.8 Å². The highest BCUT2D eigenvalue weighted by atomic mass is 35.5. The second-order valence-corrected chi connectivity index (χ2v) is 5.20. The minimum absolute atomic E-state index is 0.0517. The Hall–Kier alpha value is -1.46. The molecule has 0 saturated carbocycles. The van der Waals surface area contributed by atoms with E-state index in [1.165, 1.54) is 12.1 Å². The molecule has 0 saturated heterocycles. The maximum absolute atomic E-state index is 13.5. The van der Waals surface area contributed by atoms with Crippen LogP contribution in [0.3, 0.4) is 0 Å². The van der Waals surface area contributed by atoms with Crippen molar-refractivity contribution in [3.63, 3.8) is 0 Å². The molecule has 0 amide bonds. The number of benzene rings is 1. The van der Waals surface area contributed by atoms with E-state index in [0.717, 1.165) is 5.46 Å². The summed E-state index contributed by atoms with van der Waals surface area (Å²) in [4.78, 5) is 4.00. The van der Waals surface area contributed by atoms with Gasteiger partial charge in [-0.15, -0.1) is 0 Å². The first-order valence-electron chi connectivity index (χ1n) is 5.92. The number of nitrogens with two attached hydrogens (primary N) is 1. The molecule has 1 aromatic carbocycles. The first-order valence-corrected chi connectivity index (χ1v) is 6.68. The van der Waals surface area contributed by atoms with E-state index < -0.39 is 11.9 Å². The van der Waals surface area contributed by atoms with Crippen LogP contribution in [-0.2, 0) is 0 Å². The van der Waals surface area contributed by atoms with Crippen molar-refractivity contribution < 1.29 is 9.13 Å². The number of ether oxygens (including phenoxy) is 1. The summed E-state index contributed by atoms with van der Waals surface area (Å²) in [6.45, 7) is 1.72. The number of nitrogen functional groups attached to an aromatic ring is 1. The fourth-order valence-corrected chi connectivity index (χ4v) is 2.49. The molecule has 2 aromatic rings. The summed E-state index contributed by atoms with van der Waals surface area (Å²) >= 11 is 12.0. The van der Waals surface area contributed by atoms with Gasteiger partial charge in [0.2, 0.25) is 0 Å². The lowest BCUT2D eigenvalue weighted by molar-refractivity contribution is 0.227. The van der Waals surface area contributed by atoms with Crippen molar-refractivity contribution in [1.82, 2.24) is 4.98 Å². The molecule has 0 spiro atoms. The minimum Gasteiger partial charge on any atom is -0.482 e. The summed E-state index contributed by atoms with van der Waals surface area (Å²) in [6.07, 6.45) is 1.08. The first-order chi connectivity index (χ1) is 9.40. The number of nitrogens with zero attached hydrogens (tertiary/aromatic N) is 1. The highest BCUT2D eigenvalue weighted by Gasteiger charge is 2.19. The Labute approximate surface area is 127 Å². The molecule has 0 unspecified atom stereocenters. The van der Waals surface area contributed by atoms with E-state index in [9.17, 15) is 4.39 Å². The lowest BCUT2D eigenvalue weighted by Gasteiger charge is -2.19. The van der Waals surface area contributed by atoms with Crippen LogP contribution in [0.1, 0.15) is 18.6 Å². The predicted octanol–water partition coefficient (Wildman–Crippen LogP) is 2.51. The first kappa shape index (κ1) is 14.9. The molecule has 0 aliphatic carbocycles. The van der Waals surface area contributed by atoms with Crippen molar-refractivity contribution in [3.05, 3.63) is 45.8 Å². The molecule has 3 nitrogen and oxygen atoms in total. The fourth-order valence-electron chi connectivity index (χ4n) is 1.81. The van der Waals surface area contributed by atoms with Crippen LogP contribution in [0.4, 0.5) is 10.2 Å². The summed E-state index contributed by atoms with van der Waals surface area (Å²) < 4.78 is 19.2. The molecule has 0 bridgehead atoms. The van der Waals surface area contributed by atoms with Crippen molar-refractivity contribution in [3.8, 4) is 5.75 Å². The normalized spacial score (nSPS) is 12.2. The lowest BCUT2D eigenvalue weighted by Crippen LogP contribution is -2.11. The van der Waals surface area contributed by atoms with Crippen LogP contribution < -0.4 is 15.9 Å². The molecule has 0 aliphatic rings. The summed E-state index contributed by atoms with van der Waals surface area (Å²) in [6, 6.07) is 4.40. The van der Waals surface area contributed by atoms with E-state index in [2.05, 4.69) is 4.98 Å². The standard InChI is InChI=1S/C13H12BCl2FN2O/c1-6(11-8(15)2-3-9(17)12(11)16)20-10-4-7(14)5-19-13(10)18/h2-6H,14H2,1H3,(H2,18,19)/t6-/m1/s1. The molecule has 0 radical (unpaired) electrons. The summed E-state index contributed by atoms with van der Waals surface area (Å²) in [5.41, 5.74) is 7.03. The van der Waals surface area contributed by atoms with Crippen LogP contribution in [-0.4, -0.2) is 12.8 Å². The van der Waals surface area contributed by atoms with Crippen LogP contribution in [0.2, 0.25) is 10.0 Å². The van der Waals surface area contributed by atoms with E-state index in [1.54, 1.807) is 19.2 Å². The summed E-state index contributed by atoms with van der Waals surface area (Å²) in [5.74, 6) is 0.122. The number of aromatic nitrogens is 1. The molecule has 104 valence electrons. The zero-order chi connectivity index (χ0) is 14.9. The molecule has 1 heterocycles. The Morgan fingerprint density at radius 1 is 1.40 bits per heavy atom. The Morgan fingerprint density at radius 2 is 2.10 bits per heavy atom. The van der Waals surface area contributed by atoms with E-state index in [-0.39, 0.29) is 10.8 Å². The van der Waals surface area contributed by atoms with Gasteiger partial charge >= 0.3 is 0 Å². The number of hydrogen-bond donors (Lipinski definition) is 1. The van der Waals surface area contributed by atoms with Gasteiger partial charge in [0.25, 0.3) is 0 Å². The number of hydrogen-bond acceptors (Lipinski definition) is 3. The second-order valence-electron chi connectivity index (χ2n) is 4.41. The van der Waals surface area contributed by atoms with Gasteiger partial charge in [0.05, 0.1) is 5.02 Å². The average Bonchev–Trinajstić information content (AvgIpc) is 2.39. The average molecular weight is 313 g/mol. The Bertz CT molecular complexity index is 655. The third-order valence-electron chi connectivity index (χ3n) is 2.81. The fraction of sp³-hybridized carbons (Fsp3) is 0.154. The van der Waals surface area contributed by atoms with E-state index in [0.29, 0.717) is 16.3 Å². The number of rotatable bonds is 3. The Kier molecular flexibility index (Phi) is 4.40. The van der Waals surface area contributed by atoms with Crippen LogP contribution in [0, 0.1) is 5.82 Å². The maximum Gasteiger partial charge on any atom is 0.166 e. The molecule has 2 N–H and O–H groups in total. The van der Waals surface area contributed by atoms with E-state index in [1.807, 2.05) is 7.85 Å². The monoisotopic (exact) mass is 312 g/mol. The molecule has 20 heavy (non-hydrogen) atoms. The van der Waals surface area contributed by atoms with E-state index >= 15 is 0 Å². The van der Waals surface area contributed by atoms with Gasteiger partial charge in [0.15, 0.2) is 11.6 Å². The van der Waals surface area contributed by atoms with Crippen molar-refractivity contribution >= 4 is 42.3 Å². The summed E-state index contributed by atoms with van der Waals surface area (Å²) in [5, 5.41) is 0.285. The number of halogens is 3. The van der Waals surface area contributed by atoms with Crippen LogP contribution in [0.15, 0.2) is 24.4 Å². The molecule has 0 aliphatic heterocycles. The van der Waals surface area contributed by atoms with Gasteiger partial charge < -0.3 is 10.5 Å². The maximum atomic E-state index is 13.5. The smallest absolute Gasteiger partial charge is 0.166 e. The lowest BCUT2D eigenvalue weighted by atomic mass is 9.99. The Morgan fingerprint density at radius 3 is 2.80 bits per heavy atom. The van der Waals surface area contributed by atoms with Gasteiger partial charge in [-0.3, -0.25) is 0 Å². The molecule has 7 heteroatoms. The highest BCUT2D eigenvalue weighted by molar-refractivity contribution is 6.36. The molecule has 2 rings (SSSR count). The number of pyridine rings is 1.